The number of benzene rings is 1. The highest BCUT2D eigenvalue weighted by Crippen LogP contribution is 2.21. The summed E-state index contributed by atoms with van der Waals surface area (Å²) >= 11 is 0. The molecule has 0 atom stereocenters. The van der Waals surface area contributed by atoms with Crippen LogP contribution in [0.3, 0.4) is 0 Å². The van der Waals surface area contributed by atoms with Crippen molar-refractivity contribution in [2.75, 3.05) is 0 Å². The lowest BCUT2D eigenvalue weighted by atomic mass is 9.90. The Bertz CT molecular complexity index is 650. The van der Waals surface area contributed by atoms with Crippen molar-refractivity contribution >= 4 is 11.6 Å². The molecule has 1 aliphatic rings. The van der Waals surface area contributed by atoms with Gasteiger partial charge < -0.3 is 0 Å². The van der Waals surface area contributed by atoms with Gasteiger partial charge in [-0.3, -0.25) is 9.78 Å². The molecule has 0 unspecified atom stereocenters. The average molecular weight is 265 g/mol. The molecule has 0 saturated carbocycles. The monoisotopic (exact) mass is 265 g/mol. The lowest BCUT2D eigenvalue weighted by molar-refractivity contribution is 0.0954. The molecule has 20 heavy (non-hydrogen) atoms. The first kappa shape index (κ1) is 12.5. The molecule has 4 nitrogen and oxygen atoms in total. The van der Waals surface area contributed by atoms with Crippen LogP contribution in [-0.4, -0.2) is 16.6 Å². The van der Waals surface area contributed by atoms with Crippen LogP contribution in [0.5, 0.6) is 0 Å². The highest BCUT2D eigenvalue weighted by atomic mass is 16.2. The summed E-state index contributed by atoms with van der Waals surface area (Å²) in [7, 11) is 0. The zero-order valence-corrected chi connectivity index (χ0v) is 11.0. The van der Waals surface area contributed by atoms with E-state index in [2.05, 4.69) is 27.6 Å². The molecule has 1 aliphatic carbocycles. The minimum absolute atomic E-state index is 0.228. The second-order valence-electron chi connectivity index (χ2n) is 4.75. The summed E-state index contributed by atoms with van der Waals surface area (Å²) in [5.74, 6) is -0.228. The van der Waals surface area contributed by atoms with Gasteiger partial charge in [0.15, 0.2) is 0 Å². The number of aryl methyl sites for hydroxylation is 1. The van der Waals surface area contributed by atoms with Crippen molar-refractivity contribution in [3.8, 4) is 0 Å². The van der Waals surface area contributed by atoms with Gasteiger partial charge in [-0.2, -0.15) is 5.10 Å². The molecule has 1 N–H and O–H groups in total. The number of carbonyl (C=O) groups is 1. The zero-order chi connectivity index (χ0) is 13.8. The SMILES string of the molecule is O=C(NN=C1CCCc2ccccc21)c1cccnc1. The molecule has 2 aromatic rings. The van der Waals surface area contributed by atoms with E-state index in [9.17, 15) is 4.79 Å². The minimum Gasteiger partial charge on any atom is -0.267 e. The molecular weight excluding hydrogens is 250 g/mol. The Morgan fingerprint density at radius 1 is 1.15 bits per heavy atom. The molecule has 1 aromatic heterocycles. The summed E-state index contributed by atoms with van der Waals surface area (Å²) in [4.78, 5) is 15.9. The Labute approximate surface area is 117 Å². The molecule has 1 heterocycles. The van der Waals surface area contributed by atoms with Gasteiger partial charge in [0.05, 0.1) is 11.3 Å². The molecule has 3 rings (SSSR count). The predicted octanol–water partition coefficient (Wildman–Crippen LogP) is 2.55. The Balaban J connectivity index is 1.79. The van der Waals surface area contributed by atoms with Gasteiger partial charge in [0, 0.05) is 18.0 Å². The zero-order valence-electron chi connectivity index (χ0n) is 11.0. The summed E-state index contributed by atoms with van der Waals surface area (Å²) in [6, 6.07) is 11.7. The van der Waals surface area contributed by atoms with E-state index in [-0.39, 0.29) is 5.91 Å². The Kier molecular flexibility index (Phi) is 3.54. The van der Waals surface area contributed by atoms with Crippen molar-refractivity contribution in [2.24, 2.45) is 5.10 Å². The molecule has 0 radical (unpaired) electrons. The van der Waals surface area contributed by atoms with Gasteiger partial charge in [-0.25, -0.2) is 5.43 Å². The number of nitrogens with one attached hydrogen (secondary N) is 1. The third-order valence-electron chi connectivity index (χ3n) is 3.40. The molecule has 0 bridgehead atoms. The topological polar surface area (TPSA) is 54.4 Å². The number of pyridine rings is 1. The lowest BCUT2D eigenvalue weighted by Gasteiger charge is -2.17. The highest BCUT2D eigenvalue weighted by Gasteiger charge is 2.15. The highest BCUT2D eigenvalue weighted by molar-refractivity contribution is 6.04. The van der Waals surface area contributed by atoms with Gasteiger partial charge in [-0.1, -0.05) is 24.3 Å². The number of hydrogen-bond donors (Lipinski definition) is 1. The molecule has 100 valence electrons. The molecule has 1 amide bonds. The maximum atomic E-state index is 11.9. The number of fused-ring (bicyclic) bond motifs is 1. The smallest absolute Gasteiger partial charge is 0.267 e. The largest absolute Gasteiger partial charge is 0.272 e. The maximum Gasteiger partial charge on any atom is 0.272 e. The summed E-state index contributed by atoms with van der Waals surface area (Å²) in [6.07, 6.45) is 6.21. The van der Waals surface area contributed by atoms with Crippen molar-refractivity contribution < 1.29 is 4.79 Å². The van der Waals surface area contributed by atoms with E-state index < -0.39 is 0 Å². The van der Waals surface area contributed by atoms with Crippen LogP contribution >= 0.6 is 0 Å². The molecule has 0 spiro atoms. The fourth-order valence-corrected chi connectivity index (χ4v) is 2.40. The quantitative estimate of drug-likeness (QED) is 0.848. The van der Waals surface area contributed by atoms with E-state index in [1.165, 1.54) is 11.8 Å². The number of aromatic nitrogens is 1. The van der Waals surface area contributed by atoms with Gasteiger partial charge in [-0.05, 0) is 37.0 Å². The van der Waals surface area contributed by atoms with E-state index in [0.29, 0.717) is 5.56 Å². The van der Waals surface area contributed by atoms with Crippen LogP contribution < -0.4 is 5.43 Å². The van der Waals surface area contributed by atoms with E-state index in [4.69, 9.17) is 0 Å². The van der Waals surface area contributed by atoms with Crippen LogP contribution in [0, 0.1) is 0 Å². The fourth-order valence-electron chi connectivity index (χ4n) is 2.40. The lowest BCUT2D eigenvalue weighted by Crippen LogP contribution is -2.22. The summed E-state index contributed by atoms with van der Waals surface area (Å²) in [5.41, 5.74) is 6.52. The third-order valence-corrected chi connectivity index (χ3v) is 3.40. The van der Waals surface area contributed by atoms with Gasteiger partial charge in [-0.15, -0.1) is 0 Å². The van der Waals surface area contributed by atoms with Crippen molar-refractivity contribution in [3.05, 3.63) is 65.5 Å². The first-order valence-electron chi connectivity index (χ1n) is 6.70. The van der Waals surface area contributed by atoms with Gasteiger partial charge >= 0.3 is 0 Å². The first-order valence-corrected chi connectivity index (χ1v) is 6.70. The standard InChI is InChI=1S/C16H15N3O/c20-16(13-7-4-10-17-11-13)19-18-15-9-3-6-12-5-1-2-8-14(12)15/h1-2,4-5,7-8,10-11H,3,6,9H2,(H,19,20). The maximum absolute atomic E-state index is 11.9. The summed E-state index contributed by atoms with van der Waals surface area (Å²) < 4.78 is 0. The normalized spacial score (nSPS) is 15.7. The summed E-state index contributed by atoms with van der Waals surface area (Å²) in [6.45, 7) is 0. The number of carbonyl (C=O) groups excluding carboxylic acids is 1. The van der Waals surface area contributed by atoms with Crippen LogP contribution in [0.25, 0.3) is 0 Å². The van der Waals surface area contributed by atoms with Crippen molar-refractivity contribution in [1.82, 2.24) is 10.4 Å². The van der Waals surface area contributed by atoms with Crippen LogP contribution in [0.4, 0.5) is 0 Å². The number of amides is 1. The number of hydrazone groups is 1. The van der Waals surface area contributed by atoms with Crippen molar-refractivity contribution in [1.29, 1.82) is 0 Å². The van der Waals surface area contributed by atoms with Gasteiger partial charge in [0.2, 0.25) is 0 Å². The Morgan fingerprint density at radius 3 is 2.90 bits per heavy atom. The Hall–Kier alpha value is -2.49. The average Bonchev–Trinajstić information content (AvgIpc) is 2.53. The van der Waals surface area contributed by atoms with Crippen LogP contribution in [0.2, 0.25) is 0 Å². The van der Waals surface area contributed by atoms with E-state index in [1.54, 1.807) is 18.3 Å². The van der Waals surface area contributed by atoms with Crippen molar-refractivity contribution in [2.45, 2.75) is 19.3 Å². The number of nitrogens with zero attached hydrogens (tertiary/aromatic N) is 2. The minimum atomic E-state index is -0.228. The second-order valence-corrected chi connectivity index (χ2v) is 4.75. The van der Waals surface area contributed by atoms with Crippen LogP contribution in [0.1, 0.15) is 34.3 Å². The summed E-state index contributed by atoms with van der Waals surface area (Å²) in [5, 5.41) is 4.29. The Morgan fingerprint density at radius 2 is 2.05 bits per heavy atom. The van der Waals surface area contributed by atoms with Gasteiger partial charge in [0.25, 0.3) is 5.91 Å². The fraction of sp³-hybridized carbons (Fsp3) is 0.188. The second kappa shape index (κ2) is 5.65. The molecular formula is C16H15N3O. The van der Waals surface area contributed by atoms with E-state index in [0.717, 1.165) is 30.5 Å². The van der Waals surface area contributed by atoms with Crippen LogP contribution in [-0.2, 0) is 6.42 Å². The van der Waals surface area contributed by atoms with Gasteiger partial charge in [0.1, 0.15) is 0 Å². The molecule has 0 saturated heterocycles. The third kappa shape index (κ3) is 2.59. The number of rotatable bonds is 2. The van der Waals surface area contributed by atoms with E-state index >= 15 is 0 Å². The first-order chi connectivity index (χ1) is 9.84. The molecule has 1 aromatic carbocycles. The van der Waals surface area contributed by atoms with E-state index in [1.807, 2.05) is 12.1 Å². The molecule has 0 fully saturated rings. The van der Waals surface area contributed by atoms with Crippen LogP contribution in [0.15, 0.2) is 53.9 Å². The van der Waals surface area contributed by atoms with Crippen molar-refractivity contribution in [3.63, 3.8) is 0 Å². The number of hydrogen-bond acceptors (Lipinski definition) is 3. The molecule has 0 aliphatic heterocycles. The molecule has 4 heteroatoms. The predicted molar refractivity (Wildman–Crippen MR) is 77.6 cm³/mol.